The molecular formula is C54H66F2N12O8S2. The minimum absolute atomic E-state index is 0.0378. The molecule has 20 nitrogen and oxygen atoms in total. The summed E-state index contributed by atoms with van der Waals surface area (Å²) in [6.45, 7) is 3.60. The van der Waals surface area contributed by atoms with Gasteiger partial charge in [0, 0.05) is 60.3 Å². The highest BCUT2D eigenvalue weighted by atomic mass is 33.1. The monoisotopic (exact) mass is 1110 g/mol. The molecule has 5 aromatic rings. The van der Waals surface area contributed by atoms with E-state index < -0.39 is 113 Å². The number of nitrogens with one attached hydrogen (secondary N) is 8. The second-order valence-electron chi connectivity index (χ2n) is 19.2. The second-order valence-corrected chi connectivity index (χ2v) is 21.8. The van der Waals surface area contributed by atoms with Gasteiger partial charge < -0.3 is 59.4 Å². The Morgan fingerprint density at radius 3 is 1.96 bits per heavy atom. The summed E-state index contributed by atoms with van der Waals surface area (Å²) in [7, 11) is 2.01. The van der Waals surface area contributed by atoms with E-state index in [4.69, 9.17) is 17.2 Å². The van der Waals surface area contributed by atoms with E-state index in [0.717, 1.165) is 32.5 Å². The highest BCUT2D eigenvalue weighted by molar-refractivity contribution is 8.76. The maximum Gasteiger partial charge on any atom is 0.244 e. The number of hydrogen-bond donors (Lipinski definition) is 11. The lowest BCUT2D eigenvalue weighted by Gasteiger charge is -2.29. The van der Waals surface area contributed by atoms with E-state index in [1.807, 2.05) is 24.3 Å². The standard InChI is InChI=1S/C54H66F2N12O8S2/c1-30(2)46-54(76)67-45(52(74)63-41(47(59)69)23-32-14-18-36(56)19-15-32)29-78-77-28-44(66-48(70)38(58)22-31-12-16-35(55)17-13-31)53(75)64-42(24-33-8-7-21-60-26-33)50(72)65-43(25-34-27-61-39-10-4-3-9-37(34)39)51(73)62-40(49(71)68-46)11-5-6-20-57/h3-4,7-10,12-19,21,26-27,30,38,40-46,61H,5-6,11,20,22-25,28-29,57-58H2,1-2H3,(H2,59,69)(H,62,73)(H,63,74)(H,64,75)(H,65,72)(H,66,70)(H,67,76)(H,68,71)/t38-,40+,41-,42+,43-,44-,45+,46+/m1/s1. The molecule has 8 amide bonds. The van der Waals surface area contributed by atoms with Crippen LogP contribution in [-0.4, -0.2) is 124 Å². The predicted octanol–water partition coefficient (Wildman–Crippen LogP) is 1.50. The molecule has 14 N–H and O–H groups in total. The van der Waals surface area contributed by atoms with Gasteiger partial charge in [0.2, 0.25) is 47.3 Å². The Morgan fingerprint density at radius 1 is 0.705 bits per heavy atom. The van der Waals surface area contributed by atoms with Gasteiger partial charge in [-0.1, -0.05) is 84.0 Å². The summed E-state index contributed by atoms with van der Waals surface area (Å²) in [5, 5.41) is 19.9. The van der Waals surface area contributed by atoms with Crippen LogP contribution in [0.3, 0.4) is 0 Å². The fourth-order valence-corrected chi connectivity index (χ4v) is 10.8. The van der Waals surface area contributed by atoms with Gasteiger partial charge in [-0.15, -0.1) is 0 Å². The smallest absolute Gasteiger partial charge is 0.244 e. The van der Waals surface area contributed by atoms with Crippen LogP contribution in [0, 0.1) is 17.6 Å². The molecule has 1 fully saturated rings. The molecule has 0 aliphatic carbocycles. The van der Waals surface area contributed by atoms with E-state index in [9.17, 15) is 47.1 Å². The third-order valence-corrected chi connectivity index (χ3v) is 15.3. The molecule has 78 heavy (non-hydrogen) atoms. The number of carbonyl (C=O) groups is 8. The predicted molar refractivity (Wildman–Crippen MR) is 293 cm³/mol. The average molecular weight is 1110 g/mol. The van der Waals surface area contributed by atoms with E-state index >= 15 is 0 Å². The van der Waals surface area contributed by atoms with Crippen molar-refractivity contribution in [3.05, 3.63) is 137 Å². The number of primary amides is 1. The lowest BCUT2D eigenvalue weighted by atomic mass is 10.00. The van der Waals surface area contributed by atoms with Crippen LogP contribution in [0.5, 0.6) is 0 Å². The first kappa shape index (κ1) is 59.8. The summed E-state index contributed by atoms with van der Waals surface area (Å²) >= 11 is 0. The number of nitrogens with zero attached hydrogens (tertiary/aromatic N) is 1. The number of rotatable bonds is 18. The number of nitrogens with two attached hydrogens (primary N) is 3. The number of halogens is 2. The number of carbonyl (C=O) groups excluding carboxylic acids is 8. The van der Waals surface area contributed by atoms with Gasteiger partial charge in [-0.2, -0.15) is 0 Å². The zero-order chi connectivity index (χ0) is 56.3. The molecule has 1 aliphatic heterocycles. The molecule has 0 bridgehead atoms. The van der Waals surface area contributed by atoms with Crippen molar-refractivity contribution in [2.24, 2.45) is 23.1 Å². The third kappa shape index (κ3) is 17.8. The zero-order valence-electron chi connectivity index (χ0n) is 43.1. The van der Waals surface area contributed by atoms with Gasteiger partial charge in [0.05, 0.1) is 6.04 Å². The molecule has 1 saturated heterocycles. The van der Waals surface area contributed by atoms with Crippen molar-refractivity contribution in [1.82, 2.24) is 47.2 Å². The Hall–Kier alpha value is -7.41. The molecule has 0 radical (unpaired) electrons. The number of para-hydroxylation sites is 1. The average Bonchev–Trinajstić information content (AvgIpc) is 3.88. The van der Waals surface area contributed by atoms with Crippen molar-refractivity contribution >= 4 is 79.7 Å². The highest BCUT2D eigenvalue weighted by Gasteiger charge is 2.36. The molecule has 0 saturated carbocycles. The maximum absolute atomic E-state index is 14.8. The number of aromatic nitrogens is 2. The molecule has 2 aromatic heterocycles. The van der Waals surface area contributed by atoms with Gasteiger partial charge in [-0.25, -0.2) is 8.78 Å². The van der Waals surface area contributed by atoms with Crippen molar-refractivity contribution in [2.45, 2.75) is 107 Å². The minimum atomic E-state index is -1.43. The fourth-order valence-electron chi connectivity index (χ4n) is 8.52. The fraction of sp³-hybridized carbons (Fsp3) is 0.389. The minimum Gasteiger partial charge on any atom is -0.368 e. The summed E-state index contributed by atoms with van der Waals surface area (Å²) < 4.78 is 27.5. The summed E-state index contributed by atoms with van der Waals surface area (Å²) in [6, 6.07) is 10.5. The van der Waals surface area contributed by atoms with Crippen LogP contribution in [0.15, 0.2) is 104 Å². The summed E-state index contributed by atoms with van der Waals surface area (Å²) in [4.78, 5) is 121. The molecule has 3 aromatic carbocycles. The van der Waals surface area contributed by atoms with E-state index in [1.54, 1.807) is 32.2 Å². The molecule has 3 heterocycles. The Morgan fingerprint density at radius 2 is 1.32 bits per heavy atom. The van der Waals surface area contributed by atoms with Gasteiger partial charge in [-0.05, 0) is 96.8 Å². The zero-order valence-corrected chi connectivity index (χ0v) is 44.7. The van der Waals surface area contributed by atoms with Crippen molar-refractivity contribution in [2.75, 3.05) is 18.1 Å². The Labute approximate surface area is 457 Å². The van der Waals surface area contributed by atoms with E-state index in [2.05, 4.69) is 47.2 Å². The molecular weight excluding hydrogens is 1050 g/mol. The number of benzene rings is 3. The van der Waals surface area contributed by atoms with Crippen LogP contribution in [0.1, 0.15) is 55.4 Å². The van der Waals surface area contributed by atoms with Gasteiger partial charge in [0.15, 0.2) is 0 Å². The number of fused-ring (bicyclic) bond motifs is 1. The maximum atomic E-state index is 14.8. The van der Waals surface area contributed by atoms with Crippen molar-refractivity contribution in [3.63, 3.8) is 0 Å². The number of aromatic amines is 1. The van der Waals surface area contributed by atoms with Gasteiger partial charge in [0.1, 0.15) is 53.9 Å². The van der Waals surface area contributed by atoms with E-state index in [0.29, 0.717) is 35.1 Å². The SMILES string of the molecule is CC(C)[C@@H]1NC(=O)[C@H](CCCCN)NC(=O)[C@@H](Cc2c[nH]c3ccccc23)NC(=O)[C@H](Cc2cccnc2)NC(=O)[C@H](NC(=O)[C@H](N)Cc2ccc(F)cc2)CSSC[C@@H](C(=O)N[C@H](Cc2ccc(F)cc2)C(N)=O)NC1=O. The van der Waals surface area contributed by atoms with Crippen LogP contribution in [0.4, 0.5) is 8.78 Å². The Bertz CT molecular complexity index is 2870. The topological polar surface area (TPSA) is 328 Å². The molecule has 416 valence electrons. The van der Waals surface area contributed by atoms with Gasteiger partial charge in [-0.3, -0.25) is 43.3 Å². The Kier molecular flexibility index (Phi) is 22.5. The molecule has 24 heteroatoms. The molecule has 0 spiro atoms. The number of pyridine rings is 1. The normalized spacial score (nSPS) is 21.0. The first-order valence-electron chi connectivity index (χ1n) is 25.4. The molecule has 8 atom stereocenters. The molecule has 1 aliphatic rings. The van der Waals surface area contributed by atoms with Crippen LogP contribution in [0.25, 0.3) is 10.9 Å². The number of unbranched alkanes of at least 4 members (excludes halogenated alkanes) is 1. The van der Waals surface area contributed by atoms with Crippen LogP contribution >= 0.6 is 21.6 Å². The van der Waals surface area contributed by atoms with Crippen molar-refractivity contribution < 1.29 is 47.1 Å². The summed E-state index contributed by atoms with van der Waals surface area (Å²) in [5.74, 6) is -8.58. The largest absolute Gasteiger partial charge is 0.368 e. The first-order chi connectivity index (χ1) is 37.4. The van der Waals surface area contributed by atoms with Crippen molar-refractivity contribution in [3.8, 4) is 0 Å². The molecule has 0 unspecified atom stereocenters. The third-order valence-electron chi connectivity index (χ3n) is 12.9. The van der Waals surface area contributed by atoms with E-state index in [-0.39, 0.29) is 50.2 Å². The second kappa shape index (κ2) is 29.4. The van der Waals surface area contributed by atoms with Gasteiger partial charge >= 0.3 is 0 Å². The number of hydrogen-bond acceptors (Lipinski definition) is 13. The van der Waals surface area contributed by atoms with Crippen LogP contribution in [-0.2, 0) is 64.0 Å². The lowest BCUT2D eigenvalue weighted by molar-refractivity contribution is -0.136. The van der Waals surface area contributed by atoms with Crippen molar-refractivity contribution in [1.29, 1.82) is 0 Å². The Balaban J connectivity index is 1.38. The number of H-pyrrole nitrogens is 1. The lowest BCUT2D eigenvalue weighted by Crippen LogP contribution is -2.61. The summed E-state index contributed by atoms with van der Waals surface area (Å²) in [5.41, 5.74) is 20.8. The van der Waals surface area contributed by atoms with Crippen LogP contribution < -0.4 is 54.4 Å². The first-order valence-corrected chi connectivity index (χ1v) is 27.9. The quantitative estimate of drug-likeness (QED) is 0.0439. The highest BCUT2D eigenvalue weighted by Crippen LogP contribution is 2.25. The van der Waals surface area contributed by atoms with E-state index in [1.165, 1.54) is 60.9 Å². The number of amides is 8. The summed E-state index contributed by atoms with van der Waals surface area (Å²) in [6.07, 6.45) is 5.24. The van der Waals surface area contributed by atoms with Gasteiger partial charge in [0.25, 0.3) is 0 Å². The molecule has 6 rings (SSSR count). The van der Waals surface area contributed by atoms with Crippen LogP contribution in [0.2, 0.25) is 0 Å².